The smallest absolute Gasteiger partial charge is 0.326 e. The zero-order chi connectivity index (χ0) is 15.7. The number of benzene rings is 1. The first-order valence-corrected chi connectivity index (χ1v) is 6.30. The summed E-state index contributed by atoms with van der Waals surface area (Å²) in [6, 6.07) is -0.809. The number of aliphatic hydroxyl groups is 1. The van der Waals surface area contributed by atoms with E-state index >= 15 is 0 Å². The minimum absolute atomic E-state index is 0.123. The number of anilines is 1. The average Bonchev–Trinajstić information content (AvgIpc) is 2.76. The van der Waals surface area contributed by atoms with Crippen molar-refractivity contribution >= 4 is 29.3 Å². The van der Waals surface area contributed by atoms with E-state index in [-0.39, 0.29) is 18.0 Å². The van der Waals surface area contributed by atoms with Crippen molar-refractivity contribution in [3.8, 4) is 0 Å². The number of carboxylic acid groups (broad SMARTS) is 1. The zero-order valence-electron chi connectivity index (χ0n) is 10.5. The first-order valence-electron chi connectivity index (χ1n) is 5.92. The Hall–Kier alpha value is -1.93. The Morgan fingerprint density at radius 2 is 2.05 bits per heavy atom. The maximum absolute atomic E-state index is 13.6. The van der Waals surface area contributed by atoms with Crippen LogP contribution in [-0.4, -0.2) is 45.8 Å². The molecular weight excluding hydrogens is 310 g/mol. The molecule has 0 aromatic heterocycles. The lowest BCUT2D eigenvalue weighted by Gasteiger charge is -2.22. The van der Waals surface area contributed by atoms with Crippen LogP contribution in [-0.2, 0) is 4.79 Å². The molecule has 1 saturated heterocycles. The van der Waals surface area contributed by atoms with Gasteiger partial charge in [0.15, 0.2) is 5.82 Å². The summed E-state index contributed by atoms with van der Waals surface area (Å²) in [5.74, 6) is -3.28. The molecule has 0 aliphatic carbocycles. The van der Waals surface area contributed by atoms with Crippen molar-refractivity contribution in [2.24, 2.45) is 0 Å². The number of nitrogens with one attached hydrogen (secondary N) is 1. The molecule has 0 saturated carbocycles. The fourth-order valence-corrected chi connectivity index (χ4v) is 2.35. The van der Waals surface area contributed by atoms with Gasteiger partial charge in [0.2, 0.25) is 0 Å². The molecule has 1 fully saturated rings. The maximum atomic E-state index is 13.6. The highest BCUT2D eigenvalue weighted by atomic mass is 35.5. The first-order chi connectivity index (χ1) is 9.79. The van der Waals surface area contributed by atoms with E-state index in [1.165, 1.54) is 0 Å². The van der Waals surface area contributed by atoms with E-state index in [4.69, 9.17) is 16.7 Å². The van der Waals surface area contributed by atoms with Gasteiger partial charge in [-0.1, -0.05) is 11.6 Å². The Morgan fingerprint density at radius 1 is 1.38 bits per heavy atom. The van der Waals surface area contributed by atoms with Gasteiger partial charge in [-0.25, -0.2) is 18.4 Å². The third-order valence-electron chi connectivity index (χ3n) is 3.06. The summed E-state index contributed by atoms with van der Waals surface area (Å²) >= 11 is 5.63. The molecule has 21 heavy (non-hydrogen) atoms. The quantitative estimate of drug-likeness (QED) is 0.773. The van der Waals surface area contributed by atoms with Gasteiger partial charge in [0.25, 0.3) is 0 Å². The lowest BCUT2D eigenvalue weighted by Crippen LogP contribution is -2.43. The molecule has 1 aromatic rings. The van der Waals surface area contributed by atoms with Crippen LogP contribution in [0.1, 0.15) is 6.42 Å². The van der Waals surface area contributed by atoms with Crippen LogP contribution in [0.25, 0.3) is 0 Å². The summed E-state index contributed by atoms with van der Waals surface area (Å²) < 4.78 is 26.5. The van der Waals surface area contributed by atoms with Gasteiger partial charge in [0, 0.05) is 19.0 Å². The number of amides is 2. The molecule has 2 amide bonds. The number of aliphatic carboxylic acids is 1. The number of carbonyl (C=O) groups excluding carboxylic acids is 1. The van der Waals surface area contributed by atoms with Crippen LogP contribution in [0.3, 0.4) is 0 Å². The highest BCUT2D eigenvalue weighted by molar-refractivity contribution is 6.33. The van der Waals surface area contributed by atoms with Gasteiger partial charge < -0.3 is 20.4 Å². The number of aliphatic hydroxyl groups excluding tert-OH is 1. The lowest BCUT2D eigenvalue weighted by molar-refractivity contribution is -0.141. The number of hydrogen-bond donors (Lipinski definition) is 3. The van der Waals surface area contributed by atoms with E-state index in [0.29, 0.717) is 6.07 Å². The molecule has 2 rings (SSSR count). The number of carboxylic acids is 1. The Balaban J connectivity index is 2.20. The highest BCUT2D eigenvalue weighted by Crippen LogP contribution is 2.28. The number of urea groups is 1. The van der Waals surface area contributed by atoms with Crippen molar-refractivity contribution in [2.45, 2.75) is 18.6 Å². The topological polar surface area (TPSA) is 89.9 Å². The van der Waals surface area contributed by atoms with Crippen LogP contribution < -0.4 is 5.32 Å². The third kappa shape index (κ3) is 3.22. The van der Waals surface area contributed by atoms with Crippen molar-refractivity contribution in [3.63, 3.8) is 0 Å². The van der Waals surface area contributed by atoms with E-state index in [9.17, 15) is 23.5 Å². The SMILES string of the molecule is O=C(O)[C@@H]1C[C@@H](O)CN1C(=O)Nc1c(F)cc(F)cc1Cl. The number of nitrogens with zero attached hydrogens (tertiary/aromatic N) is 1. The van der Waals surface area contributed by atoms with Gasteiger partial charge in [-0.15, -0.1) is 0 Å². The number of carbonyl (C=O) groups is 2. The summed E-state index contributed by atoms with van der Waals surface area (Å²) in [6.07, 6.45) is -1.10. The Labute approximate surface area is 122 Å². The number of likely N-dealkylation sites (tertiary alicyclic amines) is 1. The predicted octanol–water partition coefficient (Wildman–Crippen LogP) is 1.67. The van der Waals surface area contributed by atoms with Crippen LogP contribution in [0, 0.1) is 11.6 Å². The molecule has 3 N–H and O–H groups in total. The second-order valence-electron chi connectivity index (χ2n) is 4.57. The van der Waals surface area contributed by atoms with Gasteiger partial charge in [0.1, 0.15) is 11.9 Å². The van der Waals surface area contributed by atoms with Gasteiger partial charge >= 0.3 is 12.0 Å². The Kier molecular flexibility index (Phi) is 4.29. The fourth-order valence-electron chi connectivity index (χ4n) is 2.11. The minimum atomic E-state index is -1.28. The van der Waals surface area contributed by atoms with Gasteiger partial charge in [0.05, 0.1) is 16.8 Å². The maximum Gasteiger partial charge on any atom is 0.326 e. The van der Waals surface area contributed by atoms with Crippen molar-refractivity contribution in [1.82, 2.24) is 4.90 Å². The summed E-state index contributed by atoms with van der Waals surface area (Å²) in [6.45, 7) is -0.205. The Bertz CT molecular complexity index is 576. The molecule has 114 valence electrons. The van der Waals surface area contributed by atoms with E-state index in [0.717, 1.165) is 11.0 Å². The summed E-state index contributed by atoms with van der Waals surface area (Å²) in [4.78, 5) is 23.8. The molecule has 0 radical (unpaired) electrons. The fraction of sp³-hybridized carbons (Fsp3) is 0.333. The molecule has 1 aliphatic heterocycles. The van der Waals surface area contributed by atoms with Crippen molar-refractivity contribution < 1.29 is 28.6 Å². The van der Waals surface area contributed by atoms with Gasteiger partial charge in [-0.2, -0.15) is 0 Å². The summed E-state index contributed by atoms with van der Waals surface area (Å²) in [5, 5.41) is 20.2. The lowest BCUT2D eigenvalue weighted by atomic mass is 10.2. The normalized spacial score (nSPS) is 21.4. The average molecular weight is 321 g/mol. The molecule has 0 bridgehead atoms. The van der Waals surface area contributed by atoms with Crippen LogP contribution in [0.4, 0.5) is 19.3 Å². The van der Waals surface area contributed by atoms with Crippen molar-refractivity contribution in [3.05, 3.63) is 28.8 Å². The molecule has 1 heterocycles. The second-order valence-corrected chi connectivity index (χ2v) is 4.98. The van der Waals surface area contributed by atoms with E-state index < -0.39 is 41.5 Å². The largest absolute Gasteiger partial charge is 0.480 e. The number of β-amino-alcohol motifs (C(OH)–C–C–N with tert-alkyl or cyclic N) is 1. The van der Waals surface area contributed by atoms with Crippen LogP contribution in [0.2, 0.25) is 5.02 Å². The number of rotatable bonds is 2. The van der Waals surface area contributed by atoms with E-state index in [1.807, 2.05) is 0 Å². The minimum Gasteiger partial charge on any atom is -0.480 e. The third-order valence-corrected chi connectivity index (χ3v) is 3.36. The predicted molar refractivity (Wildman–Crippen MR) is 69.1 cm³/mol. The molecule has 0 spiro atoms. The molecule has 2 atom stereocenters. The summed E-state index contributed by atoms with van der Waals surface area (Å²) in [7, 11) is 0. The molecular formula is C12H11ClF2N2O4. The number of hydrogen-bond acceptors (Lipinski definition) is 3. The summed E-state index contributed by atoms with van der Waals surface area (Å²) in [5.41, 5.74) is -0.450. The molecule has 6 nitrogen and oxygen atoms in total. The van der Waals surface area contributed by atoms with Gasteiger partial charge in [-0.3, -0.25) is 0 Å². The monoisotopic (exact) mass is 320 g/mol. The molecule has 1 aliphatic rings. The van der Waals surface area contributed by atoms with Crippen LogP contribution in [0.15, 0.2) is 12.1 Å². The van der Waals surface area contributed by atoms with Crippen molar-refractivity contribution in [1.29, 1.82) is 0 Å². The zero-order valence-corrected chi connectivity index (χ0v) is 11.3. The van der Waals surface area contributed by atoms with E-state index in [1.54, 1.807) is 0 Å². The van der Waals surface area contributed by atoms with Crippen molar-refractivity contribution in [2.75, 3.05) is 11.9 Å². The highest BCUT2D eigenvalue weighted by Gasteiger charge is 2.39. The Morgan fingerprint density at radius 3 is 2.62 bits per heavy atom. The number of halogens is 3. The first kappa shape index (κ1) is 15.5. The molecule has 0 unspecified atom stereocenters. The van der Waals surface area contributed by atoms with Gasteiger partial charge in [-0.05, 0) is 6.07 Å². The van der Waals surface area contributed by atoms with Crippen LogP contribution >= 0.6 is 11.6 Å². The van der Waals surface area contributed by atoms with E-state index in [2.05, 4.69) is 5.32 Å². The molecule has 9 heteroatoms. The standard InChI is InChI=1S/C12H11ClF2N2O4/c13-7-1-5(14)2-8(15)10(7)16-12(21)17-4-6(18)3-9(17)11(19)20/h1-2,6,9,18H,3-4H2,(H,16,21)(H,19,20)/t6-,9+/m1/s1. The van der Waals surface area contributed by atoms with Crippen LogP contribution in [0.5, 0.6) is 0 Å². The molecule has 1 aromatic carbocycles. The second kappa shape index (κ2) is 5.82.